The van der Waals surface area contributed by atoms with Gasteiger partial charge in [0.2, 0.25) is 0 Å². The maximum Gasteiger partial charge on any atom is 0.352 e. The molecule has 0 radical (unpaired) electrons. The largest absolute Gasteiger partial charge is 0.477 e. The SMILES string of the molecule is CC1(C)C[C@@H](c2ccc3c(c2)cc(C(=O)O)n3C2(C3=NC(=C=O)ON3)C3COCC32)CCO1. The van der Waals surface area contributed by atoms with Crippen molar-refractivity contribution in [3.63, 3.8) is 0 Å². The van der Waals surface area contributed by atoms with Crippen LogP contribution in [0.2, 0.25) is 0 Å². The third-order valence-electron chi connectivity index (χ3n) is 7.61. The van der Waals surface area contributed by atoms with Gasteiger partial charge in [-0.2, -0.15) is 4.99 Å². The summed E-state index contributed by atoms with van der Waals surface area (Å²) in [6.45, 7) is 5.89. The van der Waals surface area contributed by atoms with E-state index in [2.05, 4.69) is 36.5 Å². The minimum Gasteiger partial charge on any atom is -0.477 e. The second-order valence-corrected chi connectivity index (χ2v) is 9.93. The minimum absolute atomic E-state index is 0.0306. The Morgan fingerprint density at radius 2 is 2.06 bits per heavy atom. The molecule has 2 aromatic rings. The van der Waals surface area contributed by atoms with Gasteiger partial charge in [0.1, 0.15) is 11.2 Å². The van der Waals surface area contributed by atoms with Crippen molar-refractivity contribution < 1.29 is 29.0 Å². The van der Waals surface area contributed by atoms with Gasteiger partial charge in [-0.25, -0.2) is 15.1 Å². The van der Waals surface area contributed by atoms with Crippen LogP contribution in [0.15, 0.2) is 35.1 Å². The number of nitrogens with zero attached hydrogens (tertiary/aromatic N) is 2. The van der Waals surface area contributed by atoms with E-state index in [9.17, 15) is 14.7 Å². The molecule has 0 spiro atoms. The van der Waals surface area contributed by atoms with Gasteiger partial charge in [0, 0.05) is 29.3 Å². The fraction of sp³-hybridized carbons (Fsp3) is 0.500. The molecule has 6 rings (SSSR count). The van der Waals surface area contributed by atoms with E-state index in [0.29, 0.717) is 31.6 Å². The lowest BCUT2D eigenvalue weighted by Crippen LogP contribution is -2.42. The molecule has 3 fully saturated rings. The quantitative estimate of drug-likeness (QED) is 0.688. The molecular weight excluding hydrogens is 426 g/mol. The number of carboxylic acid groups (broad SMARTS) is 1. The number of ether oxygens (including phenoxy) is 2. The van der Waals surface area contributed by atoms with Crippen LogP contribution >= 0.6 is 0 Å². The van der Waals surface area contributed by atoms with Crippen LogP contribution in [0, 0.1) is 11.8 Å². The monoisotopic (exact) mass is 451 g/mol. The molecular formula is C24H25N3O6. The van der Waals surface area contributed by atoms with E-state index >= 15 is 0 Å². The van der Waals surface area contributed by atoms with Crippen LogP contribution in [-0.4, -0.2) is 52.8 Å². The first-order valence-electron chi connectivity index (χ1n) is 11.2. The maximum absolute atomic E-state index is 12.4. The zero-order chi connectivity index (χ0) is 23.0. The van der Waals surface area contributed by atoms with E-state index in [1.807, 2.05) is 10.6 Å². The molecule has 2 saturated heterocycles. The van der Waals surface area contributed by atoms with Crippen molar-refractivity contribution in [3.05, 3.63) is 41.4 Å². The van der Waals surface area contributed by atoms with E-state index in [1.54, 1.807) is 12.0 Å². The van der Waals surface area contributed by atoms with Gasteiger partial charge in [-0.15, -0.1) is 0 Å². The summed E-state index contributed by atoms with van der Waals surface area (Å²) in [7, 11) is 0. The van der Waals surface area contributed by atoms with Gasteiger partial charge in [-0.05, 0) is 56.4 Å². The molecule has 9 nitrogen and oxygen atoms in total. The van der Waals surface area contributed by atoms with Gasteiger partial charge in [0.15, 0.2) is 11.8 Å². The number of aromatic nitrogens is 1. The van der Waals surface area contributed by atoms with Gasteiger partial charge < -0.3 is 24.0 Å². The summed E-state index contributed by atoms with van der Waals surface area (Å²) >= 11 is 0. The van der Waals surface area contributed by atoms with Gasteiger partial charge in [-0.1, -0.05) is 6.07 Å². The third kappa shape index (κ3) is 2.89. The van der Waals surface area contributed by atoms with Crippen LogP contribution in [-0.2, 0) is 24.6 Å². The molecule has 1 aromatic carbocycles. The molecule has 0 amide bonds. The van der Waals surface area contributed by atoms with Crippen LogP contribution in [0.1, 0.15) is 48.7 Å². The van der Waals surface area contributed by atoms with Gasteiger partial charge in [-0.3, -0.25) is 0 Å². The van der Waals surface area contributed by atoms with Crippen molar-refractivity contribution >= 4 is 28.6 Å². The summed E-state index contributed by atoms with van der Waals surface area (Å²) in [4.78, 5) is 32.9. The molecule has 1 aliphatic carbocycles. The number of hydrogen-bond donors (Lipinski definition) is 2. The number of hydrogen-bond acceptors (Lipinski definition) is 7. The lowest BCUT2D eigenvalue weighted by Gasteiger charge is -2.35. The van der Waals surface area contributed by atoms with E-state index < -0.39 is 11.5 Å². The second-order valence-electron chi connectivity index (χ2n) is 9.93. The lowest BCUT2D eigenvalue weighted by atomic mass is 9.83. The molecule has 9 heteroatoms. The van der Waals surface area contributed by atoms with E-state index in [4.69, 9.17) is 14.3 Å². The standard InChI is InChI=1S/C24H25N3O6/c1-23(2)9-14(5-6-32-23)13-3-4-18-15(7-13)8-19(21(29)30)27(18)24(16-11-31-12-17(16)24)22-25-20(10-28)33-26-22/h3-4,7-8,14,16-17H,5-6,9,11-12H2,1-2H3,(H,25,26)(H,29,30)/t14-,16?,17?,24?/m0/s1. The van der Waals surface area contributed by atoms with Gasteiger partial charge in [0.05, 0.1) is 18.8 Å². The first-order chi connectivity index (χ1) is 15.8. The van der Waals surface area contributed by atoms with Crippen LogP contribution in [0.5, 0.6) is 0 Å². The Morgan fingerprint density at radius 3 is 2.73 bits per heavy atom. The molecule has 33 heavy (non-hydrogen) atoms. The van der Waals surface area contributed by atoms with Crippen LogP contribution in [0.4, 0.5) is 0 Å². The van der Waals surface area contributed by atoms with Crippen LogP contribution < -0.4 is 5.48 Å². The summed E-state index contributed by atoms with van der Waals surface area (Å²) in [5.74, 6) is 1.29. The smallest absolute Gasteiger partial charge is 0.352 e. The van der Waals surface area contributed by atoms with Crippen molar-refractivity contribution in [1.82, 2.24) is 10.0 Å². The highest BCUT2D eigenvalue weighted by Crippen LogP contribution is 2.62. The Morgan fingerprint density at radius 1 is 1.27 bits per heavy atom. The zero-order valence-corrected chi connectivity index (χ0v) is 18.5. The van der Waals surface area contributed by atoms with Crippen LogP contribution in [0.25, 0.3) is 10.9 Å². The van der Waals surface area contributed by atoms with Crippen molar-refractivity contribution in [2.75, 3.05) is 19.8 Å². The minimum atomic E-state index is -1.02. The van der Waals surface area contributed by atoms with Crippen molar-refractivity contribution in [2.24, 2.45) is 16.8 Å². The summed E-state index contributed by atoms with van der Waals surface area (Å²) in [6, 6.07) is 7.93. The van der Waals surface area contributed by atoms with Crippen molar-refractivity contribution in [3.8, 4) is 0 Å². The number of benzene rings is 1. The number of rotatable bonds is 4. The molecule has 172 valence electrons. The fourth-order valence-corrected chi connectivity index (χ4v) is 6.14. The second kappa shape index (κ2) is 6.93. The summed E-state index contributed by atoms with van der Waals surface area (Å²) in [5, 5.41) is 11.0. The predicted molar refractivity (Wildman–Crippen MR) is 118 cm³/mol. The number of carbonyl (C=O) groups is 1. The molecule has 1 saturated carbocycles. The first-order valence-corrected chi connectivity index (χ1v) is 11.2. The summed E-state index contributed by atoms with van der Waals surface area (Å²) < 4.78 is 13.3. The molecule has 3 atom stereocenters. The Kier molecular flexibility index (Phi) is 4.30. The Bertz CT molecular complexity index is 1240. The Labute approximate surface area is 190 Å². The number of carbonyl (C=O) groups excluding carboxylic acids is 1. The van der Waals surface area contributed by atoms with Crippen LogP contribution in [0.3, 0.4) is 0 Å². The Hall–Kier alpha value is -3.13. The topological polar surface area (TPSA) is 111 Å². The molecule has 4 aliphatic rings. The fourth-order valence-electron chi connectivity index (χ4n) is 6.14. The molecule has 0 bridgehead atoms. The average molecular weight is 451 g/mol. The van der Waals surface area contributed by atoms with Gasteiger partial charge in [0.25, 0.3) is 0 Å². The average Bonchev–Trinajstić information content (AvgIpc) is 3.30. The Balaban J connectivity index is 1.50. The van der Waals surface area contributed by atoms with E-state index in [1.165, 1.54) is 5.56 Å². The number of aliphatic imine (C=N–C) groups is 1. The number of aromatic carboxylic acids is 1. The first kappa shape index (κ1) is 20.5. The number of amidine groups is 1. The molecule has 4 heterocycles. The highest BCUT2D eigenvalue weighted by molar-refractivity contribution is 6.01. The predicted octanol–water partition coefficient (Wildman–Crippen LogP) is 2.59. The number of fused-ring (bicyclic) bond motifs is 2. The molecule has 1 aromatic heterocycles. The normalized spacial score (nSPS) is 32.0. The van der Waals surface area contributed by atoms with E-state index in [-0.39, 0.29) is 29.0 Å². The number of nitrogens with one attached hydrogen (secondary N) is 1. The third-order valence-corrected chi connectivity index (χ3v) is 7.61. The molecule has 2 N–H and O–H groups in total. The van der Waals surface area contributed by atoms with Crippen molar-refractivity contribution in [2.45, 2.75) is 43.7 Å². The molecule has 3 aliphatic heterocycles. The van der Waals surface area contributed by atoms with Gasteiger partial charge >= 0.3 is 11.9 Å². The van der Waals surface area contributed by atoms with Crippen molar-refractivity contribution in [1.29, 1.82) is 0 Å². The number of carboxylic acids is 1. The van der Waals surface area contributed by atoms with E-state index in [0.717, 1.165) is 23.7 Å². The lowest BCUT2D eigenvalue weighted by molar-refractivity contribution is -0.0592. The highest BCUT2D eigenvalue weighted by Gasteiger charge is 2.73. The highest BCUT2D eigenvalue weighted by atomic mass is 16.7. The summed E-state index contributed by atoms with van der Waals surface area (Å²) in [6.07, 6.45) is 1.85. The number of hydroxylamine groups is 1. The summed E-state index contributed by atoms with van der Waals surface area (Å²) in [5.41, 5.74) is 3.97. The maximum atomic E-state index is 12.4. The zero-order valence-electron chi connectivity index (χ0n) is 18.5. The molecule has 2 unspecified atom stereocenters.